The Morgan fingerprint density at radius 1 is 0.886 bits per heavy atom. The highest BCUT2D eigenvalue weighted by Gasteiger charge is 2.21. The number of aromatic amines is 1. The van der Waals surface area contributed by atoms with E-state index in [0.29, 0.717) is 22.2 Å². The fourth-order valence-electron chi connectivity index (χ4n) is 4.61. The van der Waals surface area contributed by atoms with E-state index in [1.165, 1.54) is 12.8 Å². The van der Waals surface area contributed by atoms with E-state index in [0.717, 1.165) is 42.7 Å². The van der Waals surface area contributed by atoms with Crippen LogP contribution in [0.5, 0.6) is 0 Å². The molecule has 5 rings (SSSR count). The molecule has 0 spiro atoms. The maximum absolute atomic E-state index is 13.3. The molecule has 0 amide bonds. The van der Waals surface area contributed by atoms with E-state index in [4.69, 9.17) is 0 Å². The van der Waals surface area contributed by atoms with Gasteiger partial charge in [0.2, 0.25) is 0 Å². The van der Waals surface area contributed by atoms with Gasteiger partial charge >= 0.3 is 0 Å². The molecule has 35 heavy (non-hydrogen) atoms. The van der Waals surface area contributed by atoms with Crippen molar-refractivity contribution >= 4 is 32.2 Å². The second-order valence-corrected chi connectivity index (χ2v) is 10.7. The third kappa shape index (κ3) is 4.79. The highest BCUT2D eigenvalue weighted by molar-refractivity contribution is 7.92. The number of rotatable bonds is 5. The molecule has 0 saturated carbocycles. The van der Waals surface area contributed by atoms with E-state index in [1.54, 1.807) is 30.3 Å². The summed E-state index contributed by atoms with van der Waals surface area (Å²) in [4.78, 5) is 14.7. The first kappa shape index (κ1) is 23.1. The Hall–Kier alpha value is -3.65. The van der Waals surface area contributed by atoms with Crippen molar-refractivity contribution in [3.05, 3.63) is 82.6 Å². The van der Waals surface area contributed by atoms with Crippen molar-refractivity contribution in [2.24, 2.45) is 0 Å². The topological polar surface area (TPSA) is 95.2 Å². The first-order chi connectivity index (χ1) is 16.9. The normalized spacial score (nSPS) is 14.6. The van der Waals surface area contributed by atoms with Crippen LogP contribution < -0.4 is 15.2 Å². The second kappa shape index (κ2) is 9.54. The van der Waals surface area contributed by atoms with Crippen molar-refractivity contribution < 1.29 is 8.42 Å². The average molecular weight is 489 g/mol. The zero-order chi connectivity index (χ0) is 24.4. The minimum atomic E-state index is -3.80. The molecule has 2 N–H and O–H groups in total. The van der Waals surface area contributed by atoms with Crippen LogP contribution in [0.3, 0.4) is 0 Å². The van der Waals surface area contributed by atoms with Gasteiger partial charge in [-0.2, -0.15) is 5.10 Å². The molecule has 0 radical (unpaired) electrons. The summed E-state index contributed by atoms with van der Waals surface area (Å²) in [5.41, 5.74) is 3.40. The van der Waals surface area contributed by atoms with Crippen LogP contribution in [0.15, 0.2) is 76.4 Å². The number of hydrogen-bond acceptors (Lipinski definition) is 5. The number of nitrogens with zero attached hydrogens (tertiary/aromatic N) is 2. The summed E-state index contributed by atoms with van der Waals surface area (Å²) in [5.74, 6) is 0. The minimum Gasteiger partial charge on any atom is -0.370 e. The number of sulfonamides is 1. The lowest BCUT2D eigenvalue weighted by atomic mass is 10.0. The fourth-order valence-corrected chi connectivity index (χ4v) is 5.67. The first-order valence-corrected chi connectivity index (χ1v) is 13.4. The summed E-state index contributed by atoms with van der Waals surface area (Å²) in [6.45, 7) is 3.67. The van der Waals surface area contributed by atoms with E-state index in [2.05, 4.69) is 19.8 Å². The van der Waals surface area contributed by atoms with Gasteiger partial charge in [-0.05, 0) is 50.1 Å². The maximum Gasteiger partial charge on any atom is 0.272 e. The molecular formula is C27H28N4O3S. The van der Waals surface area contributed by atoms with Crippen molar-refractivity contribution in [2.75, 3.05) is 22.7 Å². The van der Waals surface area contributed by atoms with Crippen LogP contribution >= 0.6 is 0 Å². The van der Waals surface area contributed by atoms with Crippen LogP contribution in [-0.2, 0) is 10.0 Å². The van der Waals surface area contributed by atoms with Gasteiger partial charge in [0.05, 0.1) is 27.4 Å². The Morgan fingerprint density at radius 2 is 1.57 bits per heavy atom. The van der Waals surface area contributed by atoms with Gasteiger partial charge < -0.3 is 4.90 Å². The molecule has 180 valence electrons. The average Bonchev–Trinajstić information content (AvgIpc) is 3.14. The second-order valence-electron chi connectivity index (χ2n) is 9.00. The molecule has 1 fully saturated rings. The summed E-state index contributed by atoms with van der Waals surface area (Å²) < 4.78 is 29.5. The Bertz CT molecular complexity index is 1520. The van der Waals surface area contributed by atoms with Gasteiger partial charge in [-0.3, -0.25) is 9.52 Å². The number of aryl methyl sites for hydroxylation is 1. The van der Waals surface area contributed by atoms with Gasteiger partial charge in [-0.15, -0.1) is 0 Å². The van der Waals surface area contributed by atoms with Crippen molar-refractivity contribution in [3.8, 4) is 11.3 Å². The predicted octanol–water partition coefficient (Wildman–Crippen LogP) is 5.08. The summed E-state index contributed by atoms with van der Waals surface area (Å²) >= 11 is 0. The van der Waals surface area contributed by atoms with Gasteiger partial charge in [0.1, 0.15) is 0 Å². The molecular weight excluding hydrogens is 460 g/mol. The Morgan fingerprint density at radius 3 is 2.29 bits per heavy atom. The summed E-state index contributed by atoms with van der Waals surface area (Å²) in [5, 5.41) is 8.13. The predicted molar refractivity (Wildman–Crippen MR) is 140 cm³/mol. The number of benzene rings is 3. The van der Waals surface area contributed by atoms with Crippen LogP contribution in [-0.4, -0.2) is 31.7 Å². The van der Waals surface area contributed by atoms with Crippen LogP contribution in [0.4, 0.5) is 11.4 Å². The third-order valence-electron chi connectivity index (χ3n) is 6.49. The molecule has 1 aliphatic heterocycles. The number of fused-ring (bicyclic) bond motifs is 1. The largest absolute Gasteiger partial charge is 0.370 e. The van der Waals surface area contributed by atoms with Gasteiger partial charge in [0.25, 0.3) is 15.6 Å². The van der Waals surface area contributed by atoms with Gasteiger partial charge in [-0.1, -0.05) is 54.8 Å². The molecule has 0 bridgehead atoms. The molecule has 0 aliphatic carbocycles. The first-order valence-electron chi connectivity index (χ1n) is 11.9. The molecule has 2 heterocycles. The highest BCUT2D eigenvalue weighted by atomic mass is 32.2. The van der Waals surface area contributed by atoms with Crippen molar-refractivity contribution in [1.29, 1.82) is 0 Å². The van der Waals surface area contributed by atoms with E-state index in [1.807, 2.05) is 43.3 Å². The van der Waals surface area contributed by atoms with E-state index in [-0.39, 0.29) is 10.5 Å². The van der Waals surface area contributed by atoms with Crippen LogP contribution in [0.1, 0.15) is 31.2 Å². The zero-order valence-electron chi connectivity index (χ0n) is 19.6. The van der Waals surface area contributed by atoms with Gasteiger partial charge in [0, 0.05) is 24.0 Å². The molecule has 7 nitrogen and oxygen atoms in total. The summed E-state index contributed by atoms with van der Waals surface area (Å²) in [7, 11) is -3.80. The molecule has 1 aromatic heterocycles. The van der Waals surface area contributed by atoms with Crippen LogP contribution in [0.25, 0.3) is 22.0 Å². The number of hydrogen-bond donors (Lipinski definition) is 2. The van der Waals surface area contributed by atoms with Crippen LogP contribution in [0, 0.1) is 6.92 Å². The number of aromatic nitrogens is 2. The minimum absolute atomic E-state index is 0.211. The maximum atomic E-state index is 13.3. The van der Waals surface area contributed by atoms with E-state index < -0.39 is 10.0 Å². The molecule has 1 saturated heterocycles. The number of nitrogens with one attached hydrogen (secondary N) is 2. The summed E-state index contributed by atoms with van der Waals surface area (Å²) in [6.07, 6.45) is 4.48. The Balaban J connectivity index is 1.63. The summed E-state index contributed by atoms with van der Waals surface area (Å²) in [6, 6.07) is 19.8. The molecule has 0 atom stereocenters. The number of anilines is 2. The lowest BCUT2D eigenvalue weighted by Crippen LogP contribution is -2.26. The van der Waals surface area contributed by atoms with Crippen molar-refractivity contribution in [1.82, 2.24) is 10.2 Å². The molecule has 0 unspecified atom stereocenters. The van der Waals surface area contributed by atoms with E-state index in [9.17, 15) is 13.2 Å². The smallest absolute Gasteiger partial charge is 0.272 e. The Kier molecular flexibility index (Phi) is 6.30. The molecule has 8 heteroatoms. The van der Waals surface area contributed by atoms with Gasteiger partial charge in [-0.25, -0.2) is 13.5 Å². The fraction of sp³-hybridized carbons (Fsp3) is 0.259. The standard InChI is InChI=1S/C27H28N4O3S/c1-19-10-13-21(14-11-19)35(33,34)30-24-18-20(12-15-25(24)31-16-6-2-3-7-17-31)26-22-8-4-5-9-23(22)27(32)29-28-26/h4-5,8-15,18,30H,2-3,6-7,16-17H2,1H3,(H,29,32). The molecule has 4 aromatic rings. The lowest BCUT2D eigenvalue weighted by Gasteiger charge is -2.26. The Labute approximate surface area is 204 Å². The third-order valence-corrected chi connectivity index (χ3v) is 7.87. The zero-order valence-corrected chi connectivity index (χ0v) is 20.4. The SMILES string of the molecule is Cc1ccc(S(=O)(=O)Nc2cc(-c3n[nH]c(=O)c4ccccc34)ccc2N2CCCCCC2)cc1. The van der Waals surface area contributed by atoms with Crippen molar-refractivity contribution in [3.63, 3.8) is 0 Å². The van der Waals surface area contributed by atoms with E-state index >= 15 is 0 Å². The van der Waals surface area contributed by atoms with Crippen LogP contribution in [0.2, 0.25) is 0 Å². The molecule has 3 aromatic carbocycles. The lowest BCUT2D eigenvalue weighted by molar-refractivity contribution is 0.601. The molecule has 1 aliphatic rings. The van der Waals surface area contributed by atoms with Gasteiger partial charge in [0.15, 0.2) is 0 Å². The van der Waals surface area contributed by atoms with Crippen molar-refractivity contribution in [2.45, 2.75) is 37.5 Å². The quantitative estimate of drug-likeness (QED) is 0.409. The highest BCUT2D eigenvalue weighted by Crippen LogP contribution is 2.35. The number of H-pyrrole nitrogens is 1. The monoisotopic (exact) mass is 488 g/mol.